The largest absolute Gasteiger partial charge is 0.375 e. The molecule has 1 aromatic carbocycles. The summed E-state index contributed by atoms with van der Waals surface area (Å²) in [7, 11) is 0. The molecule has 0 saturated carbocycles. The molecule has 0 spiro atoms. The first-order chi connectivity index (χ1) is 5.75. The number of nitrogens with two attached hydrogens (primary N) is 2. The van der Waals surface area contributed by atoms with Crippen LogP contribution >= 0.6 is 12.2 Å². The Labute approximate surface area is 76.1 Å². The molecule has 0 aliphatic rings. The van der Waals surface area contributed by atoms with Gasteiger partial charge in [0.1, 0.15) is 0 Å². The van der Waals surface area contributed by atoms with Crippen LogP contribution in [0.5, 0.6) is 0 Å². The first kappa shape index (κ1) is 8.92. The lowest BCUT2D eigenvalue weighted by molar-refractivity contribution is 0.778. The smallest absolute Gasteiger partial charge is 0.186 e. The number of anilines is 1. The number of thiocarbonyl (C=S) groups is 1. The van der Waals surface area contributed by atoms with Gasteiger partial charge in [0, 0.05) is 0 Å². The summed E-state index contributed by atoms with van der Waals surface area (Å²) < 4.78 is 0. The van der Waals surface area contributed by atoms with E-state index in [4.69, 9.17) is 23.8 Å². The van der Waals surface area contributed by atoms with Crippen LogP contribution in [-0.4, -0.2) is 5.11 Å². The maximum Gasteiger partial charge on any atom is 0.186 e. The van der Waals surface area contributed by atoms with Gasteiger partial charge in [-0.25, -0.2) is 5.01 Å². The zero-order chi connectivity index (χ0) is 8.97. The van der Waals surface area contributed by atoms with E-state index in [2.05, 4.69) is 5.53 Å². The second-order valence-electron chi connectivity index (χ2n) is 2.14. The number of hydrogen-bond acceptors (Lipinski definition) is 3. The summed E-state index contributed by atoms with van der Waals surface area (Å²) in [5.74, 6) is 5.21. The molecule has 64 valence electrons. The van der Waals surface area contributed by atoms with Gasteiger partial charge in [-0.3, -0.25) is 5.84 Å². The van der Waals surface area contributed by atoms with E-state index in [1.54, 1.807) is 0 Å². The van der Waals surface area contributed by atoms with Crippen LogP contribution in [0.3, 0.4) is 0 Å². The fourth-order valence-corrected chi connectivity index (χ4v) is 1.00. The molecule has 0 bridgehead atoms. The minimum absolute atomic E-state index is 0.184. The van der Waals surface area contributed by atoms with Gasteiger partial charge in [-0.15, -0.1) is 0 Å². The summed E-state index contributed by atoms with van der Waals surface area (Å²) in [5, 5.41) is 1.60. The maximum atomic E-state index is 5.39. The van der Waals surface area contributed by atoms with Crippen molar-refractivity contribution in [2.24, 2.45) is 11.6 Å². The molecule has 12 heavy (non-hydrogen) atoms. The van der Waals surface area contributed by atoms with Gasteiger partial charge in [0.25, 0.3) is 0 Å². The summed E-state index contributed by atoms with van der Waals surface area (Å²) in [6.45, 7) is 0. The molecule has 0 saturated heterocycles. The third-order valence-electron chi connectivity index (χ3n) is 1.36. The number of para-hydroxylation sites is 1. The lowest BCUT2D eigenvalue weighted by Crippen LogP contribution is -2.49. The molecule has 0 heterocycles. The lowest BCUT2D eigenvalue weighted by atomic mass is 10.3. The van der Waals surface area contributed by atoms with E-state index in [0.29, 0.717) is 0 Å². The lowest BCUT2D eigenvalue weighted by Gasteiger charge is -2.20. The van der Waals surface area contributed by atoms with E-state index in [-0.39, 0.29) is 5.11 Å². The van der Waals surface area contributed by atoms with Crippen LogP contribution in [0.25, 0.3) is 0 Å². The third kappa shape index (κ3) is 1.91. The average molecular weight is 182 g/mol. The van der Waals surface area contributed by atoms with Crippen LogP contribution in [-0.2, 0) is 0 Å². The van der Waals surface area contributed by atoms with Crippen molar-refractivity contribution < 1.29 is 0 Å². The highest BCUT2D eigenvalue weighted by atomic mass is 32.1. The molecule has 4 nitrogen and oxygen atoms in total. The summed E-state index contributed by atoms with van der Waals surface area (Å²) in [6, 6.07) is 9.34. The summed E-state index contributed by atoms with van der Waals surface area (Å²) >= 11 is 4.76. The first-order valence-electron chi connectivity index (χ1n) is 3.36. The van der Waals surface area contributed by atoms with Crippen molar-refractivity contribution in [2.75, 3.05) is 5.01 Å². The van der Waals surface area contributed by atoms with Crippen molar-refractivity contribution in [2.45, 2.75) is 0 Å². The van der Waals surface area contributed by atoms with Gasteiger partial charge in [-0.1, -0.05) is 18.2 Å². The van der Waals surface area contributed by atoms with E-state index in [1.165, 1.54) is 5.01 Å². The van der Waals surface area contributed by atoms with Gasteiger partial charge >= 0.3 is 0 Å². The predicted octanol–water partition coefficient (Wildman–Crippen LogP) is 0.115. The Morgan fingerprint density at radius 1 is 1.33 bits per heavy atom. The van der Waals surface area contributed by atoms with Crippen LogP contribution in [0.2, 0.25) is 0 Å². The Balaban J connectivity index is 2.88. The van der Waals surface area contributed by atoms with Gasteiger partial charge < -0.3 is 5.73 Å². The number of rotatable bonds is 2. The molecule has 5 heteroatoms. The summed E-state index contributed by atoms with van der Waals surface area (Å²) in [6.07, 6.45) is 0. The Morgan fingerprint density at radius 2 is 1.92 bits per heavy atom. The molecule has 0 atom stereocenters. The molecule has 0 aliphatic carbocycles. The molecule has 5 N–H and O–H groups in total. The van der Waals surface area contributed by atoms with Gasteiger partial charge in [0.2, 0.25) is 0 Å². The molecule has 0 unspecified atom stereocenters. The molecular formula is C7H10N4S. The van der Waals surface area contributed by atoms with E-state index in [0.717, 1.165) is 5.69 Å². The van der Waals surface area contributed by atoms with Gasteiger partial charge in [-0.05, 0) is 24.4 Å². The highest BCUT2D eigenvalue weighted by Crippen LogP contribution is 2.09. The van der Waals surface area contributed by atoms with E-state index >= 15 is 0 Å². The third-order valence-corrected chi connectivity index (χ3v) is 1.55. The van der Waals surface area contributed by atoms with Crippen molar-refractivity contribution in [3.8, 4) is 0 Å². The fourth-order valence-electron chi connectivity index (χ4n) is 0.842. The molecule has 0 radical (unpaired) electrons. The topological polar surface area (TPSA) is 67.3 Å². The fraction of sp³-hybridized carbons (Fsp3) is 0. The number of hydrazine groups is 2. The average Bonchev–Trinajstić information content (AvgIpc) is 2.07. The van der Waals surface area contributed by atoms with Gasteiger partial charge in [0.05, 0.1) is 5.69 Å². The molecule has 0 amide bonds. The van der Waals surface area contributed by atoms with E-state index < -0.39 is 0 Å². The normalized spacial score (nSPS) is 9.42. The highest BCUT2D eigenvalue weighted by Gasteiger charge is 2.04. The number of hydrogen-bond donors (Lipinski definition) is 3. The summed E-state index contributed by atoms with van der Waals surface area (Å²) in [5.41, 5.74) is 8.59. The molecule has 1 rings (SSSR count). The minimum Gasteiger partial charge on any atom is -0.375 e. The monoisotopic (exact) mass is 182 g/mol. The van der Waals surface area contributed by atoms with Crippen molar-refractivity contribution in [1.82, 2.24) is 5.53 Å². The standard InChI is InChI=1S/C7H10N4S/c8-7(12)11(10-9)6-4-2-1-3-5-6/h1-5,10H,9H2,(H2,8,12). The van der Waals surface area contributed by atoms with Gasteiger partial charge in [0.15, 0.2) is 5.11 Å². The Kier molecular flexibility index (Phi) is 2.98. The Morgan fingerprint density at radius 3 is 2.33 bits per heavy atom. The Bertz CT molecular complexity index is 261. The van der Waals surface area contributed by atoms with E-state index in [1.807, 2.05) is 30.3 Å². The zero-order valence-corrected chi connectivity index (χ0v) is 7.21. The quantitative estimate of drug-likeness (QED) is 0.344. The summed E-state index contributed by atoms with van der Waals surface area (Å²) in [4.78, 5) is 0. The van der Waals surface area contributed by atoms with Crippen LogP contribution in [0.1, 0.15) is 0 Å². The first-order valence-corrected chi connectivity index (χ1v) is 3.77. The second kappa shape index (κ2) is 4.01. The van der Waals surface area contributed by atoms with Gasteiger partial charge in [-0.2, -0.15) is 5.53 Å². The SMILES string of the molecule is NNN(C(N)=S)c1ccccc1. The maximum absolute atomic E-state index is 5.39. The van der Waals surface area contributed by atoms with Crippen LogP contribution in [0, 0.1) is 0 Å². The van der Waals surface area contributed by atoms with Crippen molar-refractivity contribution >= 4 is 23.0 Å². The molecular weight excluding hydrogens is 172 g/mol. The highest BCUT2D eigenvalue weighted by molar-refractivity contribution is 7.80. The predicted molar refractivity (Wildman–Crippen MR) is 53.0 cm³/mol. The van der Waals surface area contributed by atoms with Crippen molar-refractivity contribution in [1.29, 1.82) is 0 Å². The second-order valence-corrected chi connectivity index (χ2v) is 2.56. The van der Waals surface area contributed by atoms with Crippen molar-refractivity contribution in [3.05, 3.63) is 30.3 Å². The molecule has 1 aromatic rings. The van der Waals surface area contributed by atoms with Crippen LogP contribution < -0.4 is 22.1 Å². The molecule has 0 fully saturated rings. The van der Waals surface area contributed by atoms with Crippen LogP contribution in [0.15, 0.2) is 30.3 Å². The number of benzene rings is 1. The minimum atomic E-state index is 0.184. The van der Waals surface area contributed by atoms with E-state index in [9.17, 15) is 0 Å². The number of nitrogens with one attached hydrogen (secondary N) is 1. The number of nitrogens with zero attached hydrogens (tertiary/aromatic N) is 1. The van der Waals surface area contributed by atoms with Crippen molar-refractivity contribution in [3.63, 3.8) is 0 Å². The Hall–Kier alpha value is -1.17. The zero-order valence-electron chi connectivity index (χ0n) is 6.40. The van der Waals surface area contributed by atoms with Crippen LogP contribution in [0.4, 0.5) is 5.69 Å². The molecule has 0 aliphatic heterocycles. The molecule has 0 aromatic heterocycles.